The first-order valence-electron chi connectivity index (χ1n) is 10.4. The van der Waals surface area contributed by atoms with E-state index in [9.17, 15) is 22.8 Å². The summed E-state index contributed by atoms with van der Waals surface area (Å²) in [6.45, 7) is -0.310. The minimum atomic E-state index is -4.48. The number of carbonyl (C=O) groups excluding carboxylic acids is 2. The number of carbonyl (C=O) groups is 2. The van der Waals surface area contributed by atoms with Gasteiger partial charge in [-0.05, 0) is 42.5 Å². The Balaban J connectivity index is 1.27. The third-order valence-corrected chi connectivity index (χ3v) is 5.20. The van der Waals surface area contributed by atoms with Gasteiger partial charge in [0.1, 0.15) is 12.3 Å². The van der Waals surface area contributed by atoms with E-state index in [1.807, 2.05) is 0 Å². The normalized spacial score (nSPS) is 15.2. The Labute approximate surface area is 195 Å². The molecule has 5 rings (SSSR count). The van der Waals surface area contributed by atoms with Gasteiger partial charge in [0.2, 0.25) is 24.4 Å². The van der Waals surface area contributed by atoms with Gasteiger partial charge < -0.3 is 19.3 Å². The summed E-state index contributed by atoms with van der Waals surface area (Å²) in [5, 5.41) is 11.5. The number of aromatic nitrogens is 2. The molecule has 0 bridgehead atoms. The van der Waals surface area contributed by atoms with Gasteiger partial charge in [-0.3, -0.25) is 9.59 Å². The molecule has 1 aromatic heterocycles. The van der Waals surface area contributed by atoms with Gasteiger partial charge in [0, 0.05) is 24.1 Å². The summed E-state index contributed by atoms with van der Waals surface area (Å²) in [6.07, 6.45) is -4.18. The number of alkyl halides is 3. The van der Waals surface area contributed by atoms with Crippen LogP contribution in [0.3, 0.4) is 0 Å². The van der Waals surface area contributed by atoms with Gasteiger partial charge in [-0.1, -0.05) is 5.16 Å². The number of nitrogens with zero attached hydrogens (tertiary/aromatic N) is 4. The summed E-state index contributed by atoms with van der Waals surface area (Å²) in [7, 11) is 0. The van der Waals surface area contributed by atoms with E-state index in [0.717, 1.165) is 29.3 Å². The molecule has 0 aliphatic carbocycles. The number of benzene rings is 2. The van der Waals surface area contributed by atoms with Crippen molar-refractivity contribution < 1.29 is 36.8 Å². The first-order chi connectivity index (χ1) is 16.8. The zero-order valence-electron chi connectivity index (χ0n) is 17.8. The molecular weight excluding hydrogens is 471 g/mol. The molecule has 3 heterocycles. The molecule has 0 saturated carbocycles. The Morgan fingerprint density at radius 2 is 1.83 bits per heavy atom. The molecule has 0 saturated heterocycles. The van der Waals surface area contributed by atoms with Crippen molar-refractivity contribution in [1.82, 2.24) is 15.1 Å². The van der Waals surface area contributed by atoms with Gasteiger partial charge in [0.05, 0.1) is 5.56 Å². The van der Waals surface area contributed by atoms with Crippen LogP contribution in [0.4, 0.5) is 18.9 Å². The second-order valence-electron chi connectivity index (χ2n) is 7.61. The Hall–Kier alpha value is -4.42. The van der Waals surface area contributed by atoms with Crippen LogP contribution in [0.15, 0.2) is 52.1 Å². The molecule has 2 aliphatic heterocycles. The van der Waals surface area contributed by atoms with Crippen LogP contribution in [0, 0.1) is 0 Å². The Bertz CT molecular complexity index is 1320. The van der Waals surface area contributed by atoms with Gasteiger partial charge in [-0.25, -0.2) is 5.01 Å². The molecule has 0 radical (unpaired) electrons. The maximum Gasteiger partial charge on any atom is 0.416 e. The smallest absolute Gasteiger partial charge is 0.416 e. The molecule has 2 aromatic carbocycles. The quantitative estimate of drug-likeness (QED) is 0.586. The van der Waals surface area contributed by atoms with Crippen molar-refractivity contribution in [3.8, 4) is 22.9 Å². The molecule has 2 amide bonds. The fraction of sp³-hybridized carbons (Fsp3) is 0.227. The van der Waals surface area contributed by atoms with E-state index in [0.29, 0.717) is 22.8 Å². The van der Waals surface area contributed by atoms with Crippen LogP contribution in [0.1, 0.15) is 24.3 Å². The maximum absolute atomic E-state index is 12.7. The Morgan fingerprint density at radius 1 is 1.06 bits per heavy atom. The summed E-state index contributed by atoms with van der Waals surface area (Å²) in [5.74, 6) is 0.516. The average Bonchev–Trinajstić information content (AvgIpc) is 3.49. The molecule has 2 aliphatic rings. The van der Waals surface area contributed by atoms with Crippen molar-refractivity contribution in [3.05, 3.63) is 53.9 Å². The fourth-order valence-electron chi connectivity index (χ4n) is 3.45. The van der Waals surface area contributed by atoms with Crippen LogP contribution in [-0.2, 0) is 15.8 Å². The number of halogens is 3. The lowest BCUT2D eigenvalue weighted by atomic mass is 10.1. The molecule has 10 nitrogen and oxygen atoms in total. The molecule has 0 atom stereocenters. The van der Waals surface area contributed by atoms with E-state index in [1.165, 1.54) is 0 Å². The predicted octanol–water partition coefficient (Wildman–Crippen LogP) is 3.45. The van der Waals surface area contributed by atoms with Gasteiger partial charge in [0.15, 0.2) is 11.5 Å². The highest BCUT2D eigenvalue weighted by Gasteiger charge is 2.30. The lowest BCUT2D eigenvalue weighted by molar-refractivity contribution is -0.137. The summed E-state index contributed by atoms with van der Waals surface area (Å²) >= 11 is 0. The molecule has 35 heavy (non-hydrogen) atoms. The maximum atomic E-state index is 12.7. The second kappa shape index (κ2) is 8.74. The topological polar surface area (TPSA) is 119 Å². The third-order valence-electron chi connectivity index (χ3n) is 5.20. The van der Waals surface area contributed by atoms with E-state index < -0.39 is 30.1 Å². The average molecular weight is 487 g/mol. The highest BCUT2D eigenvalue weighted by Crippen LogP contribution is 2.35. The van der Waals surface area contributed by atoms with Crippen LogP contribution >= 0.6 is 0 Å². The number of ether oxygens (including phenoxy) is 2. The number of fused-ring (bicyclic) bond motifs is 1. The number of nitrogens with one attached hydrogen (secondary N) is 1. The SMILES string of the molecule is O=C(CN1N=C(c2nc(-c3ccc4c(c3)OCO4)no2)CCC1=O)Nc1ccc(C(F)(F)F)cc1. The van der Waals surface area contributed by atoms with Crippen LogP contribution in [0.25, 0.3) is 11.4 Å². The standard InChI is InChI=1S/C22H16F3N5O5/c23-22(24,25)13-2-4-14(5-3-13)26-18(31)10-30-19(32)8-6-15(28-30)21-27-20(29-35-21)12-1-7-16-17(9-12)34-11-33-16/h1-5,7,9H,6,8,10-11H2,(H,26,31). The molecule has 0 unspecified atom stereocenters. The molecule has 0 fully saturated rings. The lowest BCUT2D eigenvalue weighted by Gasteiger charge is -2.21. The van der Waals surface area contributed by atoms with Crippen molar-refractivity contribution in [3.63, 3.8) is 0 Å². The molecule has 13 heteroatoms. The fourth-order valence-corrected chi connectivity index (χ4v) is 3.45. The van der Waals surface area contributed by atoms with Crippen molar-refractivity contribution in [2.75, 3.05) is 18.7 Å². The zero-order valence-corrected chi connectivity index (χ0v) is 17.8. The van der Waals surface area contributed by atoms with Crippen molar-refractivity contribution in [1.29, 1.82) is 0 Å². The number of hydrogen-bond donors (Lipinski definition) is 1. The van der Waals surface area contributed by atoms with E-state index in [2.05, 4.69) is 20.6 Å². The highest BCUT2D eigenvalue weighted by atomic mass is 19.4. The van der Waals surface area contributed by atoms with Gasteiger partial charge in [-0.2, -0.15) is 23.3 Å². The number of amides is 2. The molecule has 1 N–H and O–H groups in total. The predicted molar refractivity (Wildman–Crippen MR) is 113 cm³/mol. The Kier molecular flexibility index (Phi) is 5.59. The summed E-state index contributed by atoms with van der Waals surface area (Å²) < 4.78 is 54.0. The van der Waals surface area contributed by atoms with Crippen LogP contribution in [-0.4, -0.2) is 46.0 Å². The number of anilines is 1. The summed E-state index contributed by atoms with van der Waals surface area (Å²) in [6, 6.07) is 9.14. The monoisotopic (exact) mass is 487 g/mol. The zero-order chi connectivity index (χ0) is 24.6. The van der Waals surface area contributed by atoms with E-state index in [4.69, 9.17) is 14.0 Å². The number of hydrazone groups is 1. The third kappa shape index (κ3) is 4.78. The van der Waals surface area contributed by atoms with Crippen molar-refractivity contribution >= 4 is 23.2 Å². The van der Waals surface area contributed by atoms with Crippen molar-refractivity contribution in [2.24, 2.45) is 5.10 Å². The molecule has 0 spiro atoms. The molecule has 180 valence electrons. The first-order valence-corrected chi connectivity index (χ1v) is 10.4. The van der Waals surface area contributed by atoms with Crippen molar-refractivity contribution in [2.45, 2.75) is 19.0 Å². The minimum Gasteiger partial charge on any atom is -0.454 e. The summed E-state index contributed by atoms with van der Waals surface area (Å²) in [4.78, 5) is 29.0. The van der Waals surface area contributed by atoms with Gasteiger partial charge in [0.25, 0.3) is 5.89 Å². The minimum absolute atomic E-state index is 0.0636. The summed E-state index contributed by atoms with van der Waals surface area (Å²) in [5.41, 5.74) is 0.272. The van der Waals surface area contributed by atoms with E-state index in [1.54, 1.807) is 18.2 Å². The highest BCUT2D eigenvalue weighted by molar-refractivity contribution is 6.02. The van der Waals surface area contributed by atoms with Crippen LogP contribution in [0.5, 0.6) is 11.5 Å². The Morgan fingerprint density at radius 3 is 2.60 bits per heavy atom. The molecular formula is C22H16F3N5O5. The number of rotatable bonds is 5. The van der Waals surface area contributed by atoms with E-state index in [-0.39, 0.29) is 37.0 Å². The van der Waals surface area contributed by atoms with Gasteiger partial charge >= 0.3 is 6.18 Å². The largest absolute Gasteiger partial charge is 0.454 e. The second-order valence-corrected chi connectivity index (χ2v) is 7.61. The number of hydrogen-bond acceptors (Lipinski definition) is 8. The first kappa shape index (κ1) is 22.4. The lowest BCUT2D eigenvalue weighted by Crippen LogP contribution is -2.38. The van der Waals surface area contributed by atoms with Crippen LogP contribution in [0.2, 0.25) is 0 Å². The molecule has 3 aromatic rings. The van der Waals surface area contributed by atoms with Crippen LogP contribution < -0.4 is 14.8 Å². The van der Waals surface area contributed by atoms with Gasteiger partial charge in [-0.15, -0.1) is 0 Å². The van der Waals surface area contributed by atoms with E-state index >= 15 is 0 Å².